The lowest BCUT2D eigenvalue weighted by atomic mass is 9.95. The summed E-state index contributed by atoms with van der Waals surface area (Å²) < 4.78 is 2.33. The molecule has 4 rings (SSSR count). The fraction of sp³-hybridized carbons (Fsp3) is 0.391. The monoisotopic (exact) mass is 361 g/mol. The highest BCUT2D eigenvalue weighted by Gasteiger charge is 2.24. The minimum absolute atomic E-state index is 0.167. The summed E-state index contributed by atoms with van der Waals surface area (Å²) in [6.45, 7) is 8.88. The third-order valence-corrected chi connectivity index (χ3v) is 5.94. The van der Waals surface area contributed by atoms with Gasteiger partial charge >= 0.3 is 0 Å². The van der Waals surface area contributed by atoms with Crippen LogP contribution in [-0.2, 0) is 6.54 Å². The minimum Gasteiger partial charge on any atom is -0.339 e. The van der Waals surface area contributed by atoms with Crippen LogP contribution in [0.2, 0.25) is 0 Å². The molecule has 1 aromatic heterocycles. The van der Waals surface area contributed by atoms with Crippen molar-refractivity contribution in [1.82, 2.24) is 14.5 Å². The minimum atomic E-state index is 0.167. The Bertz CT molecular complexity index is 980. The van der Waals surface area contributed by atoms with E-state index >= 15 is 0 Å². The zero-order valence-electron chi connectivity index (χ0n) is 16.4. The largest absolute Gasteiger partial charge is 0.339 e. The first-order valence-corrected chi connectivity index (χ1v) is 9.81. The van der Waals surface area contributed by atoms with Crippen LogP contribution in [0.5, 0.6) is 0 Å². The van der Waals surface area contributed by atoms with Gasteiger partial charge in [-0.15, -0.1) is 0 Å². The Balaban J connectivity index is 1.42. The van der Waals surface area contributed by atoms with E-state index in [1.165, 1.54) is 16.6 Å². The highest BCUT2D eigenvalue weighted by atomic mass is 16.2. The quantitative estimate of drug-likeness (QED) is 0.688. The van der Waals surface area contributed by atoms with Gasteiger partial charge in [0.05, 0.1) is 11.0 Å². The average Bonchev–Trinajstić information content (AvgIpc) is 2.99. The Labute approximate surface area is 160 Å². The second-order valence-corrected chi connectivity index (χ2v) is 7.79. The number of amides is 1. The van der Waals surface area contributed by atoms with Crippen molar-refractivity contribution in [2.45, 2.75) is 40.2 Å². The Kier molecular flexibility index (Phi) is 4.73. The van der Waals surface area contributed by atoms with E-state index < -0.39 is 0 Å². The number of hydrogen-bond donors (Lipinski definition) is 0. The third-order valence-electron chi connectivity index (χ3n) is 5.94. The van der Waals surface area contributed by atoms with Crippen LogP contribution in [0.4, 0.5) is 0 Å². The van der Waals surface area contributed by atoms with Crippen LogP contribution in [0.25, 0.3) is 11.0 Å². The molecule has 1 saturated heterocycles. The first-order chi connectivity index (χ1) is 13.0. The highest BCUT2D eigenvalue weighted by Crippen LogP contribution is 2.24. The average molecular weight is 361 g/mol. The molecule has 0 aliphatic carbocycles. The number of carbonyl (C=O) groups is 1. The summed E-state index contributed by atoms with van der Waals surface area (Å²) in [4.78, 5) is 19.5. The molecule has 4 heteroatoms. The number of carbonyl (C=O) groups excluding carboxylic acids is 1. The Morgan fingerprint density at radius 2 is 1.78 bits per heavy atom. The molecule has 140 valence electrons. The van der Waals surface area contributed by atoms with Crippen LogP contribution in [-0.4, -0.2) is 33.4 Å². The summed E-state index contributed by atoms with van der Waals surface area (Å²) in [5.74, 6) is 1.83. The number of benzene rings is 2. The lowest BCUT2D eigenvalue weighted by molar-refractivity contribution is 0.0683. The number of piperidine rings is 1. The standard InChI is InChI=1S/C23H27N3O/c1-16-8-9-20(14-17(16)2)23(27)25-12-10-19(11-13-25)15-26-18(3)24-21-6-4-5-7-22(21)26/h4-9,14,19H,10-13,15H2,1-3H3. The fourth-order valence-corrected chi connectivity index (χ4v) is 4.06. The number of hydrogen-bond acceptors (Lipinski definition) is 2. The van der Waals surface area contributed by atoms with Gasteiger partial charge in [0.15, 0.2) is 0 Å². The third kappa shape index (κ3) is 3.48. The Morgan fingerprint density at radius 3 is 2.52 bits per heavy atom. The maximum atomic E-state index is 12.8. The van der Waals surface area contributed by atoms with Gasteiger partial charge < -0.3 is 9.47 Å². The van der Waals surface area contributed by atoms with E-state index in [1.54, 1.807) is 0 Å². The van der Waals surface area contributed by atoms with Gasteiger partial charge in [0.2, 0.25) is 0 Å². The molecule has 0 bridgehead atoms. The molecule has 2 aromatic carbocycles. The maximum absolute atomic E-state index is 12.8. The zero-order chi connectivity index (χ0) is 19.0. The molecule has 3 aromatic rings. The second kappa shape index (κ2) is 7.18. The first kappa shape index (κ1) is 17.8. The number of aryl methyl sites for hydroxylation is 3. The molecular formula is C23H27N3O. The fourth-order valence-electron chi connectivity index (χ4n) is 4.06. The number of imidazole rings is 1. The predicted molar refractivity (Wildman–Crippen MR) is 109 cm³/mol. The van der Waals surface area contributed by atoms with Crippen LogP contribution in [0.1, 0.15) is 40.2 Å². The van der Waals surface area contributed by atoms with E-state index in [-0.39, 0.29) is 5.91 Å². The van der Waals surface area contributed by atoms with Gasteiger partial charge in [-0.2, -0.15) is 0 Å². The summed E-state index contributed by atoms with van der Waals surface area (Å²) in [7, 11) is 0. The Morgan fingerprint density at radius 1 is 1.04 bits per heavy atom. The van der Waals surface area contributed by atoms with Crippen molar-refractivity contribution in [3.05, 3.63) is 65.0 Å². The van der Waals surface area contributed by atoms with E-state index in [2.05, 4.69) is 48.5 Å². The lowest BCUT2D eigenvalue weighted by Crippen LogP contribution is -2.39. The van der Waals surface area contributed by atoms with Gasteiger partial charge in [-0.1, -0.05) is 18.2 Å². The summed E-state index contributed by atoms with van der Waals surface area (Å²) in [6, 6.07) is 14.4. The SMILES string of the molecule is Cc1ccc(C(=O)N2CCC(Cn3c(C)nc4ccccc43)CC2)cc1C. The second-order valence-electron chi connectivity index (χ2n) is 7.79. The molecule has 1 aliphatic heterocycles. The molecule has 1 fully saturated rings. The highest BCUT2D eigenvalue weighted by molar-refractivity contribution is 5.94. The molecular weight excluding hydrogens is 334 g/mol. The number of nitrogens with zero attached hydrogens (tertiary/aromatic N) is 3. The molecule has 0 spiro atoms. The summed E-state index contributed by atoms with van der Waals surface area (Å²) in [5, 5.41) is 0. The number of likely N-dealkylation sites (tertiary alicyclic amines) is 1. The van der Waals surface area contributed by atoms with Crippen molar-refractivity contribution in [3.63, 3.8) is 0 Å². The van der Waals surface area contributed by atoms with Crippen LogP contribution < -0.4 is 0 Å². The number of rotatable bonds is 3. The van der Waals surface area contributed by atoms with Crippen LogP contribution >= 0.6 is 0 Å². The molecule has 0 saturated carbocycles. The van der Waals surface area contributed by atoms with E-state index in [1.807, 2.05) is 29.2 Å². The van der Waals surface area contributed by atoms with Crippen molar-refractivity contribution < 1.29 is 4.79 Å². The molecule has 0 unspecified atom stereocenters. The van der Waals surface area contributed by atoms with Crippen molar-refractivity contribution in [2.24, 2.45) is 5.92 Å². The van der Waals surface area contributed by atoms with E-state index in [0.29, 0.717) is 5.92 Å². The van der Waals surface area contributed by atoms with Crippen molar-refractivity contribution >= 4 is 16.9 Å². The lowest BCUT2D eigenvalue weighted by Gasteiger charge is -2.32. The first-order valence-electron chi connectivity index (χ1n) is 9.81. The number of para-hydroxylation sites is 2. The van der Waals surface area contributed by atoms with Crippen LogP contribution in [0.15, 0.2) is 42.5 Å². The summed E-state index contributed by atoms with van der Waals surface area (Å²) >= 11 is 0. The topological polar surface area (TPSA) is 38.1 Å². The normalized spacial score (nSPS) is 15.4. The van der Waals surface area contributed by atoms with Crippen molar-refractivity contribution in [2.75, 3.05) is 13.1 Å². The molecule has 0 N–H and O–H groups in total. The van der Waals surface area contributed by atoms with Gasteiger partial charge in [-0.25, -0.2) is 4.98 Å². The molecule has 2 heterocycles. The van der Waals surface area contributed by atoms with Gasteiger partial charge in [0.25, 0.3) is 5.91 Å². The van der Waals surface area contributed by atoms with E-state index in [9.17, 15) is 4.79 Å². The summed E-state index contributed by atoms with van der Waals surface area (Å²) in [5.41, 5.74) is 5.50. The van der Waals surface area contributed by atoms with Gasteiger partial charge in [0, 0.05) is 25.2 Å². The number of fused-ring (bicyclic) bond motifs is 1. The molecule has 4 nitrogen and oxygen atoms in total. The summed E-state index contributed by atoms with van der Waals surface area (Å²) in [6.07, 6.45) is 2.09. The molecule has 1 amide bonds. The van der Waals surface area contributed by atoms with E-state index in [0.717, 1.165) is 49.4 Å². The molecule has 0 radical (unpaired) electrons. The van der Waals surface area contributed by atoms with Gasteiger partial charge in [-0.05, 0) is 74.9 Å². The zero-order valence-corrected chi connectivity index (χ0v) is 16.4. The maximum Gasteiger partial charge on any atom is 0.253 e. The van der Waals surface area contributed by atoms with Crippen molar-refractivity contribution in [1.29, 1.82) is 0 Å². The van der Waals surface area contributed by atoms with Gasteiger partial charge in [-0.3, -0.25) is 4.79 Å². The Hall–Kier alpha value is -2.62. The molecule has 0 atom stereocenters. The van der Waals surface area contributed by atoms with Crippen LogP contribution in [0, 0.1) is 26.7 Å². The molecule has 27 heavy (non-hydrogen) atoms. The van der Waals surface area contributed by atoms with Gasteiger partial charge in [0.1, 0.15) is 5.82 Å². The molecule has 1 aliphatic rings. The predicted octanol–water partition coefficient (Wildman–Crippen LogP) is 4.51. The van der Waals surface area contributed by atoms with Crippen molar-refractivity contribution in [3.8, 4) is 0 Å². The van der Waals surface area contributed by atoms with Crippen LogP contribution in [0.3, 0.4) is 0 Å². The van der Waals surface area contributed by atoms with E-state index in [4.69, 9.17) is 0 Å². The number of aromatic nitrogens is 2. The smallest absolute Gasteiger partial charge is 0.253 e.